The van der Waals surface area contributed by atoms with E-state index < -0.39 is 0 Å². The summed E-state index contributed by atoms with van der Waals surface area (Å²) in [4.78, 5) is 17.3. The molecule has 5 heteroatoms. The van der Waals surface area contributed by atoms with E-state index in [1.807, 2.05) is 49.4 Å². The van der Waals surface area contributed by atoms with Crippen molar-refractivity contribution in [1.29, 1.82) is 0 Å². The van der Waals surface area contributed by atoms with Crippen LogP contribution < -0.4 is 5.32 Å². The molecule has 0 spiro atoms. The Kier molecular flexibility index (Phi) is 4.89. The summed E-state index contributed by atoms with van der Waals surface area (Å²) in [6.45, 7) is 2.46. The van der Waals surface area contributed by atoms with E-state index in [1.165, 1.54) is 12.1 Å². The number of carbonyl (C=O) groups is 1. The number of hydrogen-bond acceptors (Lipinski definition) is 2. The van der Waals surface area contributed by atoms with Crippen molar-refractivity contribution in [2.75, 3.05) is 0 Å². The minimum absolute atomic E-state index is 0.145. The fraction of sp³-hybridized carbons (Fsp3) is 0.130. The SMILES string of the molecule is CC(NC(=O)c1ccccc1)c1nc2ccccc2n1Cc1ccc(F)cc1. The Morgan fingerprint density at radius 3 is 2.43 bits per heavy atom. The van der Waals surface area contributed by atoms with Crippen molar-refractivity contribution < 1.29 is 9.18 Å². The lowest BCUT2D eigenvalue weighted by atomic mass is 10.2. The molecule has 1 aromatic heterocycles. The average Bonchev–Trinajstić information content (AvgIpc) is 3.09. The van der Waals surface area contributed by atoms with Crippen LogP contribution in [-0.2, 0) is 6.54 Å². The minimum Gasteiger partial charge on any atom is -0.342 e. The molecule has 0 aliphatic carbocycles. The number of hydrogen-bond donors (Lipinski definition) is 1. The summed E-state index contributed by atoms with van der Waals surface area (Å²) in [5, 5.41) is 3.03. The van der Waals surface area contributed by atoms with Crippen LogP contribution in [0.3, 0.4) is 0 Å². The third kappa shape index (κ3) is 3.64. The number of amides is 1. The molecule has 0 fully saturated rings. The lowest BCUT2D eigenvalue weighted by Gasteiger charge is -2.16. The first-order chi connectivity index (χ1) is 13.6. The molecule has 4 rings (SSSR count). The Morgan fingerprint density at radius 1 is 1.00 bits per heavy atom. The number of aromatic nitrogens is 2. The number of nitrogens with zero attached hydrogens (tertiary/aromatic N) is 2. The van der Waals surface area contributed by atoms with Crippen molar-refractivity contribution in [3.8, 4) is 0 Å². The van der Waals surface area contributed by atoms with Gasteiger partial charge < -0.3 is 9.88 Å². The number of halogens is 1. The second-order valence-corrected chi connectivity index (χ2v) is 6.73. The van der Waals surface area contributed by atoms with E-state index in [0.29, 0.717) is 12.1 Å². The Bertz CT molecular complexity index is 1100. The maximum Gasteiger partial charge on any atom is 0.251 e. The van der Waals surface area contributed by atoms with Crippen molar-refractivity contribution in [3.05, 3.63) is 102 Å². The van der Waals surface area contributed by atoms with Crippen LogP contribution in [-0.4, -0.2) is 15.5 Å². The quantitative estimate of drug-likeness (QED) is 0.550. The normalized spacial score (nSPS) is 12.1. The lowest BCUT2D eigenvalue weighted by molar-refractivity contribution is 0.0938. The van der Waals surface area contributed by atoms with Crippen molar-refractivity contribution in [2.45, 2.75) is 19.5 Å². The van der Waals surface area contributed by atoms with Crippen LogP contribution >= 0.6 is 0 Å². The van der Waals surface area contributed by atoms with Gasteiger partial charge in [0.15, 0.2) is 0 Å². The van der Waals surface area contributed by atoms with Gasteiger partial charge in [0.1, 0.15) is 11.6 Å². The van der Waals surface area contributed by atoms with Crippen LogP contribution in [0.25, 0.3) is 11.0 Å². The Balaban J connectivity index is 1.67. The molecular formula is C23H20FN3O. The summed E-state index contributed by atoms with van der Waals surface area (Å²) in [7, 11) is 0. The van der Waals surface area contributed by atoms with Crippen LogP contribution in [0.2, 0.25) is 0 Å². The number of nitrogens with one attached hydrogen (secondary N) is 1. The molecule has 0 radical (unpaired) electrons. The summed E-state index contributed by atoms with van der Waals surface area (Å²) < 4.78 is 15.3. The van der Waals surface area contributed by atoms with Gasteiger partial charge in [-0.25, -0.2) is 9.37 Å². The Labute approximate surface area is 162 Å². The van der Waals surface area contributed by atoms with E-state index in [-0.39, 0.29) is 17.8 Å². The molecule has 28 heavy (non-hydrogen) atoms. The van der Waals surface area contributed by atoms with E-state index >= 15 is 0 Å². The molecule has 0 aliphatic heterocycles. The first-order valence-corrected chi connectivity index (χ1v) is 9.17. The molecule has 1 unspecified atom stereocenters. The van der Waals surface area contributed by atoms with Gasteiger partial charge in [-0.1, -0.05) is 42.5 Å². The molecule has 0 saturated heterocycles. The van der Waals surface area contributed by atoms with Crippen LogP contribution in [0.1, 0.15) is 34.7 Å². The average molecular weight is 373 g/mol. The van der Waals surface area contributed by atoms with Crippen LogP contribution in [0.5, 0.6) is 0 Å². The predicted octanol–water partition coefficient (Wildman–Crippen LogP) is 4.71. The van der Waals surface area contributed by atoms with Crippen molar-refractivity contribution in [1.82, 2.24) is 14.9 Å². The number of rotatable bonds is 5. The highest BCUT2D eigenvalue weighted by Gasteiger charge is 2.19. The maximum atomic E-state index is 13.3. The predicted molar refractivity (Wildman–Crippen MR) is 108 cm³/mol. The number of benzene rings is 3. The zero-order valence-corrected chi connectivity index (χ0v) is 15.5. The third-order valence-electron chi connectivity index (χ3n) is 4.71. The number of imidazole rings is 1. The topological polar surface area (TPSA) is 46.9 Å². The highest BCUT2D eigenvalue weighted by Crippen LogP contribution is 2.22. The largest absolute Gasteiger partial charge is 0.342 e. The van der Waals surface area contributed by atoms with Crippen LogP contribution in [0.4, 0.5) is 4.39 Å². The van der Waals surface area contributed by atoms with Gasteiger partial charge in [-0.15, -0.1) is 0 Å². The molecule has 140 valence electrons. The summed E-state index contributed by atoms with van der Waals surface area (Å²) in [5.74, 6) is 0.353. The van der Waals surface area contributed by atoms with Gasteiger partial charge in [-0.05, 0) is 48.9 Å². The third-order valence-corrected chi connectivity index (χ3v) is 4.71. The molecule has 0 saturated carbocycles. The first-order valence-electron chi connectivity index (χ1n) is 9.17. The van der Waals surface area contributed by atoms with Gasteiger partial charge in [-0.2, -0.15) is 0 Å². The van der Waals surface area contributed by atoms with Crippen molar-refractivity contribution in [3.63, 3.8) is 0 Å². The molecule has 0 aliphatic rings. The second kappa shape index (κ2) is 7.64. The number of fused-ring (bicyclic) bond motifs is 1. The highest BCUT2D eigenvalue weighted by atomic mass is 19.1. The van der Waals surface area contributed by atoms with Gasteiger partial charge in [0, 0.05) is 12.1 Å². The number of carbonyl (C=O) groups excluding carboxylic acids is 1. The molecule has 1 N–H and O–H groups in total. The van der Waals surface area contributed by atoms with Crippen LogP contribution in [0, 0.1) is 5.82 Å². The van der Waals surface area contributed by atoms with Crippen LogP contribution in [0.15, 0.2) is 78.9 Å². The Morgan fingerprint density at radius 2 is 1.68 bits per heavy atom. The maximum absolute atomic E-state index is 13.3. The fourth-order valence-electron chi connectivity index (χ4n) is 3.30. The minimum atomic E-state index is -0.291. The second-order valence-electron chi connectivity index (χ2n) is 6.73. The highest BCUT2D eigenvalue weighted by molar-refractivity contribution is 5.94. The van der Waals surface area contributed by atoms with Gasteiger partial charge in [0.25, 0.3) is 5.91 Å². The lowest BCUT2D eigenvalue weighted by Crippen LogP contribution is -2.28. The molecular weight excluding hydrogens is 353 g/mol. The van der Waals surface area contributed by atoms with E-state index in [9.17, 15) is 9.18 Å². The molecule has 1 amide bonds. The monoisotopic (exact) mass is 373 g/mol. The molecule has 4 aromatic rings. The first kappa shape index (κ1) is 17.9. The summed E-state index contributed by atoms with van der Waals surface area (Å²) in [6, 6.07) is 23.1. The molecule has 0 bridgehead atoms. The summed E-state index contributed by atoms with van der Waals surface area (Å²) in [5.41, 5.74) is 3.41. The van der Waals surface area contributed by atoms with Gasteiger partial charge in [-0.3, -0.25) is 4.79 Å². The van der Waals surface area contributed by atoms with E-state index in [1.54, 1.807) is 24.3 Å². The molecule has 1 atom stereocenters. The van der Waals surface area contributed by atoms with Gasteiger partial charge >= 0.3 is 0 Å². The molecule has 1 heterocycles. The van der Waals surface area contributed by atoms with E-state index in [0.717, 1.165) is 22.4 Å². The summed E-state index contributed by atoms with van der Waals surface area (Å²) >= 11 is 0. The zero-order valence-electron chi connectivity index (χ0n) is 15.5. The standard InChI is InChI=1S/C23H20FN3O/c1-16(25-23(28)18-7-3-2-4-8-18)22-26-20-9-5-6-10-21(20)27(22)15-17-11-13-19(24)14-12-17/h2-14,16H,15H2,1H3,(H,25,28). The van der Waals surface area contributed by atoms with Gasteiger partial charge in [0.05, 0.1) is 17.1 Å². The fourth-order valence-corrected chi connectivity index (χ4v) is 3.30. The van der Waals surface area contributed by atoms with Crippen molar-refractivity contribution >= 4 is 16.9 Å². The number of para-hydroxylation sites is 2. The Hall–Kier alpha value is -3.47. The zero-order chi connectivity index (χ0) is 19.5. The van der Waals surface area contributed by atoms with E-state index in [2.05, 4.69) is 9.88 Å². The van der Waals surface area contributed by atoms with Gasteiger partial charge in [0.2, 0.25) is 0 Å². The van der Waals surface area contributed by atoms with Crippen molar-refractivity contribution in [2.24, 2.45) is 0 Å². The summed E-state index contributed by atoms with van der Waals surface area (Å²) in [6.07, 6.45) is 0. The molecule has 4 nitrogen and oxygen atoms in total. The molecule has 3 aromatic carbocycles. The smallest absolute Gasteiger partial charge is 0.251 e. The van der Waals surface area contributed by atoms with E-state index in [4.69, 9.17) is 4.98 Å².